The van der Waals surface area contributed by atoms with Crippen LogP contribution in [-0.4, -0.2) is 57.7 Å². The van der Waals surface area contributed by atoms with Crippen molar-refractivity contribution in [3.63, 3.8) is 0 Å². The van der Waals surface area contributed by atoms with Gasteiger partial charge in [0.05, 0.1) is 6.10 Å². The molecule has 0 saturated carbocycles. The third-order valence-corrected chi connectivity index (χ3v) is 3.02. The molecule has 1 rings (SSSR count). The van der Waals surface area contributed by atoms with Crippen molar-refractivity contribution in [1.82, 2.24) is 4.90 Å². The number of β-amino-alcohol motifs (C(OH)–C–C–N with tert-alkyl or cyclic N) is 1. The SMILES string of the molecule is CSCCC(=O)N1CC(O)CC1C(=O)O. The van der Waals surface area contributed by atoms with Crippen LogP contribution in [0.4, 0.5) is 0 Å². The van der Waals surface area contributed by atoms with E-state index in [1.807, 2.05) is 6.26 Å². The fraction of sp³-hybridized carbons (Fsp3) is 0.778. The van der Waals surface area contributed by atoms with Crippen LogP contribution in [0.25, 0.3) is 0 Å². The lowest BCUT2D eigenvalue weighted by Gasteiger charge is -2.20. The number of likely N-dealkylation sites (tertiary alicyclic amines) is 1. The van der Waals surface area contributed by atoms with Gasteiger partial charge in [-0.1, -0.05) is 0 Å². The van der Waals surface area contributed by atoms with E-state index in [4.69, 9.17) is 5.11 Å². The Labute approximate surface area is 92.4 Å². The van der Waals surface area contributed by atoms with Gasteiger partial charge in [0.15, 0.2) is 0 Å². The molecule has 2 atom stereocenters. The molecule has 1 saturated heterocycles. The Bertz CT molecular complexity index is 258. The molecule has 0 bridgehead atoms. The molecule has 1 aliphatic heterocycles. The lowest BCUT2D eigenvalue weighted by atomic mass is 10.2. The molecule has 5 nitrogen and oxygen atoms in total. The van der Waals surface area contributed by atoms with Gasteiger partial charge >= 0.3 is 5.97 Å². The number of thioether (sulfide) groups is 1. The minimum absolute atomic E-state index is 0.139. The van der Waals surface area contributed by atoms with Crippen LogP contribution in [0.15, 0.2) is 0 Å². The topological polar surface area (TPSA) is 77.8 Å². The van der Waals surface area contributed by atoms with Crippen LogP contribution in [-0.2, 0) is 9.59 Å². The molecular formula is C9H15NO4S. The second kappa shape index (κ2) is 5.37. The van der Waals surface area contributed by atoms with E-state index in [2.05, 4.69) is 0 Å². The molecule has 86 valence electrons. The average Bonchev–Trinajstić information content (AvgIpc) is 2.57. The van der Waals surface area contributed by atoms with Crippen LogP contribution < -0.4 is 0 Å². The molecule has 1 amide bonds. The van der Waals surface area contributed by atoms with Crippen molar-refractivity contribution in [2.24, 2.45) is 0 Å². The maximum atomic E-state index is 11.6. The number of rotatable bonds is 4. The zero-order valence-corrected chi connectivity index (χ0v) is 9.37. The van der Waals surface area contributed by atoms with Crippen LogP contribution in [0.2, 0.25) is 0 Å². The Morgan fingerprint density at radius 1 is 1.53 bits per heavy atom. The minimum Gasteiger partial charge on any atom is -0.480 e. The van der Waals surface area contributed by atoms with E-state index in [-0.39, 0.29) is 18.9 Å². The van der Waals surface area contributed by atoms with Gasteiger partial charge in [0, 0.05) is 25.1 Å². The first-order chi connectivity index (χ1) is 7.06. The zero-order valence-electron chi connectivity index (χ0n) is 8.55. The van der Waals surface area contributed by atoms with Crippen molar-refractivity contribution in [2.75, 3.05) is 18.6 Å². The number of nitrogens with zero attached hydrogens (tertiary/aromatic N) is 1. The summed E-state index contributed by atoms with van der Waals surface area (Å²) < 4.78 is 0. The summed E-state index contributed by atoms with van der Waals surface area (Å²) in [7, 11) is 0. The minimum atomic E-state index is -1.04. The Balaban J connectivity index is 2.58. The summed E-state index contributed by atoms with van der Waals surface area (Å²) in [5, 5.41) is 18.2. The summed E-state index contributed by atoms with van der Waals surface area (Å²) in [5.41, 5.74) is 0. The molecular weight excluding hydrogens is 218 g/mol. The fourth-order valence-electron chi connectivity index (χ4n) is 1.66. The second-order valence-corrected chi connectivity index (χ2v) is 4.52. The first kappa shape index (κ1) is 12.3. The Morgan fingerprint density at radius 3 is 2.73 bits per heavy atom. The number of carboxylic acids is 1. The van der Waals surface area contributed by atoms with Crippen LogP contribution >= 0.6 is 11.8 Å². The number of amides is 1. The van der Waals surface area contributed by atoms with E-state index < -0.39 is 18.1 Å². The van der Waals surface area contributed by atoms with Gasteiger partial charge in [-0.2, -0.15) is 11.8 Å². The third kappa shape index (κ3) is 3.10. The van der Waals surface area contributed by atoms with Crippen molar-refractivity contribution in [3.05, 3.63) is 0 Å². The number of carbonyl (C=O) groups is 2. The molecule has 2 unspecified atom stereocenters. The quantitative estimate of drug-likeness (QED) is 0.702. The Morgan fingerprint density at radius 2 is 2.20 bits per heavy atom. The van der Waals surface area contributed by atoms with Crippen LogP contribution in [0.5, 0.6) is 0 Å². The molecule has 0 aliphatic carbocycles. The molecule has 1 fully saturated rings. The number of aliphatic hydroxyl groups excluding tert-OH is 1. The molecule has 0 radical (unpaired) electrons. The number of carboxylic acid groups (broad SMARTS) is 1. The van der Waals surface area contributed by atoms with Gasteiger partial charge in [-0.05, 0) is 6.26 Å². The number of carbonyl (C=O) groups excluding carboxylic acids is 1. The van der Waals surface area contributed by atoms with Gasteiger partial charge in [-0.15, -0.1) is 0 Å². The lowest BCUT2D eigenvalue weighted by Crippen LogP contribution is -2.40. The molecule has 0 aromatic carbocycles. The second-order valence-electron chi connectivity index (χ2n) is 3.53. The highest BCUT2D eigenvalue weighted by atomic mass is 32.2. The molecule has 15 heavy (non-hydrogen) atoms. The standard InChI is InChI=1S/C9H15NO4S/c1-15-3-2-8(12)10-5-6(11)4-7(10)9(13)14/h6-7,11H,2-5H2,1H3,(H,13,14). The van der Waals surface area contributed by atoms with Crippen molar-refractivity contribution >= 4 is 23.6 Å². The van der Waals surface area contributed by atoms with Crippen LogP contribution in [0.1, 0.15) is 12.8 Å². The summed E-state index contributed by atoms with van der Waals surface area (Å²) in [4.78, 5) is 23.7. The van der Waals surface area contributed by atoms with Gasteiger partial charge in [0.2, 0.25) is 5.91 Å². The summed E-state index contributed by atoms with van der Waals surface area (Å²) in [6.07, 6.45) is 1.66. The molecule has 1 aliphatic rings. The smallest absolute Gasteiger partial charge is 0.326 e. The monoisotopic (exact) mass is 233 g/mol. The molecule has 0 spiro atoms. The summed E-state index contributed by atoms with van der Waals surface area (Å²) >= 11 is 1.54. The number of aliphatic hydroxyl groups is 1. The van der Waals surface area contributed by atoms with Crippen LogP contribution in [0, 0.1) is 0 Å². The van der Waals surface area contributed by atoms with Gasteiger partial charge in [0.25, 0.3) is 0 Å². The first-order valence-corrected chi connectivity index (χ1v) is 6.15. The van der Waals surface area contributed by atoms with Crippen molar-refractivity contribution in [1.29, 1.82) is 0 Å². The summed E-state index contributed by atoms with van der Waals surface area (Å²) in [6, 6.07) is -0.852. The lowest BCUT2D eigenvalue weighted by molar-refractivity contribution is -0.148. The highest BCUT2D eigenvalue weighted by molar-refractivity contribution is 7.98. The fourth-order valence-corrected chi connectivity index (χ4v) is 2.04. The van der Waals surface area contributed by atoms with E-state index in [9.17, 15) is 14.7 Å². The van der Waals surface area contributed by atoms with E-state index in [0.717, 1.165) is 0 Å². The van der Waals surface area contributed by atoms with Gasteiger partial charge in [-0.25, -0.2) is 4.79 Å². The van der Waals surface area contributed by atoms with Gasteiger partial charge in [0.1, 0.15) is 6.04 Å². The zero-order chi connectivity index (χ0) is 11.4. The third-order valence-electron chi connectivity index (χ3n) is 2.40. The normalized spacial score (nSPS) is 25.6. The maximum Gasteiger partial charge on any atom is 0.326 e. The van der Waals surface area contributed by atoms with Crippen molar-refractivity contribution in [2.45, 2.75) is 25.0 Å². The predicted octanol–water partition coefficient (Wildman–Crippen LogP) is -0.214. The van der Waals surface area contributed by atoms with Crippen LogP contribution in [0.3, 0.4) is 0 Å². The van der Waals surface area contributed by atoms with E-state index in [1.165, 1.54) is 4.90 Å². The maximum absolute atomic E-state index is 11.6. The Hall–Kier alpha value is -0.750. The molecule has 0 aromatic heterocycles. The largest absolute Gasteiger partial charge is 0.480 e. The molecule has 0 aromatic rings. The number of hydrogen-bond donors (Lipinski definition) is 2. The molecule has 1 heterocycles. The summed E-state index contributed by atoms with van der Waals surface area (Å²) in [6.45, 7) is 0.143. The predicted molar refractivity (Wildman–Crippen MR) is 56.8 cm³/mol. The first-order valence-electron chi connectivity index (χ1n) is 4.75. The van der Waals surface area contributed by atoms with E-state index >= 15 is 0 Å². The molecule has 6 heteroatoms. The highest BCUT2D eigenvalue weighted by Gasteiger charge is 2.38. The van der Waals surface area contributed by atoms with Crippen molar-refractivity contribution in [3.8, 4) is 0 Å². The Kier molecular flexibility index (Phi) is 4.41. The van der Waals surface area contributed by atoms with E-state index in [1.54, 1.807) is 11.8 Å². The molecule has 2 N–H and O–H groups in total. The number of aliphatic carboxylic acids is 1. The number of hydrogen-bond acceptors (Lipinski definition) is 4. The van der Waals surface area contributed by atoms with E-state index in [0.29, 0.717) is 12.2 Å². The highest BCUT2D eigenvalue weighted by Crippen LogP contribution is 2.19. The summed E-state index contributed by atoms with van der Waals surface area (Å²) in [5.74, 6) is -0.546. The van der Waals surface area contributed by atoms with Crippen molar-refractivity contribution < 1.29 is 19.8 Å². The average molecular weight is 233 g/mol. The van der Waals surface area contributed by atoms with Gasteiger partial charge in [-0.3, -0.25) is 4.79 Å². The van der Waals surface area contributed by atoms with Gasteiger partial charge < -0.3 is 15.1 Å².